The molecule has 148 valence electrons. The molecular formula is C23H24N4O2. The standard InChI is InChI=1S/C23H24N4O2/c1-15-7-9-18(10-8-15)14-27-17(3)21(16(2)26-27)11-12-22(28)25-20-6-4-5-19(13-20)23(24)29/h4-13H,14H2,1-3H3,(H2,24,29)(H,25,28)/b12-11+. The number of nitrogens with two attached hydrogens (primary N) is 1. The molecule has 3 N–H and O–H groups in total. The van der Waals surface area contributed by atoms with Crippen LogP contribution in [0, 0.1) is 20.8 Å². The van der Waals surface area contributed by atoms with E-state index >= 15 is 0 Å². The minimum Gasteiger partial charge on any atom is -0.366 e. The molecule has 2 amide bonds. The molecule has 29 heavy (non-hydrogen) atoms. The minimum atomic E-state index is -0.538. The van der Waals surface area contributed by atoms with Gasteiger partial charge in [0.1, 0.15) is 0 Å². The van der Waals surface area contributed by atoms with E-state index in [2.05, 4.69) is 41.6 Å². The molecule has 0 unspecified atom stereocenters. The monoisotopic (exact) mass is 388 g/mol. The number of rotatable bonds is 6. The van der Waals surface area contributed by atoms with Gasteiger partial charge in [-0.1, -0.05) is 35.9 Å². The topological polar surface area (TPSA) is 90.0 Å². The summed E-state index contributed by atoms with van der Waals surface area (Å²) >= 11 is 0. The average Bonchev–Trinajstić information content (AvgIpc) is 2.95. The second-order valence-corrected chi connectivity index (χ2v) is 7.00. The fraction of sp³-hybridized carbons (Fsp3) is 0.174. The number of nitrogens with zero attached hydrogens (tertiary/aromatic N) is 2. The number of hydrogen-bond donors (Lipinski definition) is 2. The van der Waals surface area contributed by atoms with Crippen LogP contribution >= 0.6 is 0 Å². The van der Waals surface area contributed by atoms with Crippen molar-refractivity contribution in [3.8, 4) is 0 Å². The van der Waals surface area contributed by atoms with Crippen LogP contribution in [0.15, 0.2) is 54.6 Å². The van der Waals surface area contributed by atoms with Gasteiger partial charge in [0.2, 0.25) is 11.8 Å². The van der Waals surface area contributed by atoms with Crippen LogP contribution < -0.4 is 11.1 Å². The quantitative estimate of drug-likeness (QED) is 0.632. The first-order valence-electron chi connectivity index (χ1n) is 9.32. The molecule has 0 saturated carbocycles. The fourth-order valence-electron chi connectivity index (χ4n) is 3.07. The molecule has 2 aromatic carbocycles. The number of aromatic nitrogens is 2. The molecule has 0 fully saturated rings. The summed E-state index contributed by atoms with van der Waals surface area (Å²) in [6.45, 7) is 6.65. The lowest BCUT2D eigenvalue weighted by molar-refractivity contribution is -0.111. The Morgan fingerprint density at radius 2 is 1.83 bits per heavy atom. The Bertz CT molecular complexity index is 1080. The van der Waals surface area contributed by atoms with E-state index in [1.165, 1.54) is 17.2 Å². The van der Waals surface area contributed by atoms with E-state index in [1.54, 1.807) is 30.3 Å². The van der Waals surface area contributed by atoms with E-state index in [9.17, 15) is 9.59 Å². The van der Waals surface area contributed by atoms with Crippen LogP contribution in [0.25, 0.3) is 6.08 Å². The lowest BCUT2D eigenvalue weighted by Gasteiger charge is -2.05. The Hall–Kier alpha value is -3.67. The lowest BCUT2D eigenvalue weighted by Crippen LogP contribution is -2.12. The largest absolute Gasteiger partial charge is 0.366 e. The summed E-state index contributed by atoms with van der Waals surface area (Å²) in [5.41, 5.74) is 11.3. The summed E-state index contributed by atoms with van der Waals surface area (Å²) in [5, 5.41) is 7.34. The number of nitrogens with one attached hydrogen (secondary N) is 1. The van der Waals surface area contributed by atoms with Crippen molar-refractivity contribution in [1.29, 1.82) is 0 Å². The number of carbonyl (C=O) groups excluding carboxylic acids is 2. The summed E-state index contributed by atoms with van der Waals surface area (Å²) in [6.07, 6.45) is 3.22. The highest BCUT2D eigenvalue weighted by Gasteiger charge is 2.10. The average molecular weight is 388 g/mol. The van der Waals surface area contributed by atoms with Gasteiger partial charge in [-0.3, -0.25) is 14.3 Å². The van der Waals surface area contributed by atoms with Crippen LogP contribution in [0.2, 0.25) is 0 Å². The predicted molar refractivity (Wildman–Crippen MR) is 115 cm³/mol. The SMILES string of the molecule is Cc1ccc(Cn2nc(C)c(/C=C/C(=O)Nc3cccc(C(N)=O)c3)c2C)cc1. The molecule has 0 aliphatic heterocycles. The van der Waals surface area contributed by atoms with E-state index in [1.807, 2.05) is 18.5 Å². The third-order valence-corrected chi connectivity index (χ3v) is 4.71. The maximum atomic E-state index is 12.3. The molecule has 0 aliphatic carbocycles. The second-order valence-electron chi connectivity index (χ2n) is 7.00. The number of aryl methyl sites for hydroxylation is 2. The molecule has 1 heterocycles. The van der Waals surface area contributed by atoms with Crippen molar-refractivity contribution in [3.63, 3.8) is 0 Å². The van der Waals surface area contributed by atoms with Gasteiger partial charge in [0.05, 0.1) is 12.2 Å². The fourth-order valence-corrected chi connectivity index (χ4v) is 3.07. The summed E-state index contributed by atoms with van der Waals surface area (Å²) in [4.78, 5) is 23.5. The molecule has 0 saturated heterocycles. The van der Waals surface area contributed by atoms with E-state index in [0.29, 0.717) is 17.8 Å². The van der Waals surface area contributed by atoms with Crippen LogP contribution in [0.4, 0.5) is 5.69 Å². The molecule has 0 aliphatic rings. The van der Waals surface area contributed by atoms with Crippen molar-refractivity contribution in [2.75, 3.05) is 5.32 Å². The second kappa shape index (κ2) is 8.56. The van der Waals surface area contributed by atoms with Crippen molar-refractivity contribution in [2.45, 2.75) is 27.3 Å². The van der Waals surface area contributed by atoms with Crippen LogP contribution in [-0.2, 0) is 11.3 Å². The molecule has 0 bridgehead atoms. The minimum absolute atomic E-state index is 0.295. The zero-order valence-electron chi connectivity index (χ0n) is 16.8. The van der Waals surface area contributed by atoms with E-state index in [0.717, 1.165) is 17.0 Å². The zero-order valence-corrected chi connectivity index (χ0v) is 16.8. The molecular weight excluding hydrogens is 364 g/mol. The van der Waals surface area contributed by atoms with Gasteiger partial charge in [-0.15, -0.1) is 0 Å². The number of carbonyl (C=O) groups is 2. The van der Waals surface area contributed by atoms with E-state index in [4.69, 9.17) is 5.73 Å². The summed E-state index contributed by atoms with van der Waals surface area (Å²) in [7, 11) is 0. The lowest BCUT2D eigenvalue weighted by atomic mass is 10.1. The number of hydrogen-bond acceptors (Lipinski definition) is 3. The zero-order chi connectivity index (χ0) is 21.0. The maximum Gasteiger partial charge on any atom is 0.248 e. The number of anilines is 1. The van der Waals surface area contributed by atoms with Crippen LogP contribution in [0.5, 0.6) is 0 Å². The summed E-state index contributed by atoms with van der Waals surface area (Å²) in [5.74, 6) is -0.833. The van der Waals surface area contributed by atoms with Gasteiger partial charge in [-0.05, 0) is 50.6 Å². The normalized spacial score (nSPS) is 11.0. The summed E-state index contributed by atoms with van der Waals surface area (Å²) in [6, 6.07) is 14.9. The van der Waals surface area contributed by atoms with Gasteiger partial charge >= 0.3 is 0 Å². The highest BCUT2D eigenvalue weighted by Crippen LogP contribution is 2.17. The molecule has 0 radical (unpaired) electrons. The van der Waals surface area contributed by atoms with Crippen molar-refractivity contribution in [1.82, 2.24) is 9.78 Å². The Kier molecular flexibility index (Phi) is 5.93. The van der Waals surface area contributed by atoms with Gasteiger partial charge in [-0.25, -0.2) is 0 Å². The van der Waals surface area contributed by atoms with Gasteiger partial charge in [0.15, 0.2) is 0 Å². The molecule has 0 atom stereocenters. The van der Waals surface area contributed by atoms with Crippen LogP contribution in [0.3, 0.4) is 0 Å². The van der Waals surface area contributed by atoms with Gasteiger partial charge in [0, 0.05) is 28.6 Å². The van der Waals surface area contributed by atoms with E-state index < -0.39 is 5.91 Å². The Balaban J connectivity index is 1.72. The Morgan fingerprint density at radius 3 is 2.52 bits per heavy atom. The highest BCUT2D eigenvalue weighted by atomic mass is 16.1. The third-order valence-electron chi connectivity index (χ3n) is 4.71. The van der Waals surface area contributed by atoms with E-state index in [-0.39, 0.29) is 5.91 Å². The Morgan fingerprint density at radius 1 is 1.10 bits per heavy atom. The maximum absolute atomic E-state index is 12.3. The van der Waals surface area contributed by atoms with Crippen LogP contribution in [0.1, 0.15) is 38.4 Å². The predicted octanol–water partition coefficient (Wildman–Crippen LogP) is 3.61. The van der Waals surface area contributed by atoms with Crippen LogP contribution in [-0.4, -0.2) is 21.6 Å². The highest BCUT2D eigenvalue weighted by molar-refractivity contribution is 6.03. The van der Waals surface area contributed by atoms with Gasteiger partial charge in [-0.2, -0.15) is 5.10 Å². The first-order valence-corrected chi connectivity index (χ1v) is 9.32. The molecule has 3 aromatic rings. The molecule has 0 spiro atoms. The van der Waals surface area contributed by atoms with Gasteiger partial charge in [0.25, 0.3) is 0 Å². The number of primary amides is 1. The first kappa shape index (κ1) is 20.1. The van der Waals surface area contributed by atoms with Crippen molar-refractivity contribution < 1.29 is 9.59 Å². The van der Waals surface area contributed by atoms with Gasteiger partial charge < -0.3 is 11.1 Å². The van der Waals surface area contributed by atoms with Crippen molar-refractivity contribution in [2.24, 2.45) is 5.73 Å². The first-order chi connectivity index (χ1) is 13.8. The third kappa shape index (κ3) is 4.99. The number of benzene rings is 2. The molecule has 6 nitrogen and oxygen atoms in total. The van der Waals surface area contributed by atoms with Crippen molar-refractivity contribution >= 4 is 23.6 Å². The van der Waals surface area contributed by atoms with Crippen molar-refractivity contribution in [3.05, 3.63) is 88.2 Å². The Labute approximate surface area is 170 Å². The molecule has 6 heteroatoms. The summed E-state index contributed by atoms with van der Waals surface area (Å²) < 4.78 is 1.94. The molecule has 1 aromatic heterocycles. The number of amides is 2. The smallest absolute Gasteiger partial charge is 0.248 e. The molecule has 3 rings (SSSR count).